The molecule has 1 aromatic rings. The maximum Gasteiger partial charge on any atom is 0.407 e. The van der Waals surface area contributed by atoms with Crippen LogP contribution < -0.4 is 14.5 Å². The molecule has 0 aliphatic heterocycles. The second kappa shape index (κ2) is 9.98. The van der Waals surface area contributed by atoms with Crippen LogP contribution in [0.25, 0.3) is 0 Å². The van der Waals surface area contributed by atoms with Crippen molar-refractivity contribution in [3.8, 4) is 11.5 Å². The Morgan fingerprint density at radius 3 is 2.50 bits per heavy atom. The van der Waals surface area contributed by atoms with E-state index < -0.39 is 20.5 Å². The Morgan fingerprint density at radius 2 is 2.00 bits per heavy atom. The SMILES string of the molecule is C=CCOC(=O)N[C@H](CO)Cc1cc(C)c(OC)c(O[Si](C)(C)C(C)(C)C)c1. The summed E-state index contributed by atoms with van der Waals surface area (Å²) >= 11 is 0. The molecule has 0 heterocycles. The van der Waals surface area contributed by atoms with Crippen LogP contribution in [-0.2, 0) is 11.2 Å². The van der Waals surface area contributed by atoms with Gasteiger partial charge in [0, 0.05) is 0 Å². The van der Waals surface area contributed by atoms with Gasteiger partial charge < -0.3 is 24.3 Å². The molecular formula is C21H35NO5Si. The van der Waals surface area contributed by atoms with E-state index in [1.807, 2.05) is 19.1 Å². The zero-order chi connectivity index (χ0) is 21.5. The van der Waals surface area contributed by atoms with Gasteiger partial charge in [0.05, 0.1) is 19.8 Å². The molecule has 0 radical (unpaired) electrons. The largest absolute Gasteiger partial charge is 0.541 e. The molecule has 0 unspecified atom stereocenters. The third-order valence-corrected chi connectivity index (χ3v) is 9.38. The van der Waals surface area contributed by atoms with Gasteiger partial charge >= 0.3 is 6.09 Å². The van der Waals surface area contributed by atoms with Crippen molar-refractivity contribution in [3.63, 3.8) is 0 Å². The van der Waals surface area contributed by atoms with Gasteiger partial charge in [0.2, 0.25) is 0 Å². The van der Waals surface area contributed by atoms with Crippen molar-refractivity contribution in [1.82, 2.24) is 5.32 Å². The molecule has 0 bridgehead atoms. The number of amides is 1. The standard InChI is InChI=1S/C21H35NO5Si/c1-9-10-26-20(24)22-17(14-23)12-16-11-15(2)19(25-6)18(13-16)27-28(7,8)21(3,4)5/h9,11,13,17,23H,1,10,12,14H2,2-8H3,(H,22,24)/t17-/m0/s1. The Kier molecular flexibility index (Phi) is 8.57. The number of alkyl carbamates (subject to hydrolysis) is 1. The highest BCUT2D eigenvalue weighted by molar-refractivity contribution is 6.74. The second-order valence-electron chi connectivity index (χ2n) is 8.42. The molecule has 158 valence electrons. The molecule has 1 aromatic carbocycles. The number of rotatable bonds is 9. The van der Waals surface area contributed by atoms with Gasteiger partial charge in [0.15, 0.2) is 5.75 Å². The predicted molar refractivity (Wildman–Crippen MR) is 115 cm³/mol. The van der Waals surface area contributed by atoms with Crippen molar-refractivity contribution in [2.75, 3.05) is 20.3 Å². The molecule has 0 saturated heterocycles. The third kappa shape index (κ3) is 6.56. The second-order valence-corrected chi connectivity index (χ2v) is 13.1. The van der Waals surface area contributed by atoms with Crippen molar-refractivity contribution in [3.05, 3.63) is 35.9 Å². The molecule has 0 spiro atoms. The number of carbonyl (C=O) groups is 1. The lowest BCUT2D eigenvalue weighted by Gasteiger charge is -2.37. The highest BCUT2D eigenvalue weighted by Gasteiger charge is 2.39. The lowest BCUT2D eigenvalue weighted by Crippen LogP contribution is -2.44. The minimum atomic E-state index is -2.06. The summed E-state index contributed by atoms with van der Waals surface area (Å²) in [7, 11) is -0.424. The van der Waals surface area contributed by atoms with Gasteiger partial charge in [-0.1, -0.05) is 39.5 Å². The Labute approximate surface area is 170 Å². The fraction of sp³-hybridized carbons (Fsp3) is 0.571. The number of ether oxygens (including phenoxy) is 2. The van der Waals surface area contributed by atoms with Crippen LogP contribution in [0.4, 0.5) is 4.79 Å². The summed E-state index contributed by atoms with van der Waals surface area (Å²) in [4.78, 5) is 11.8. The first-order chi connectivity index (χ1) is 12.9. The molecule has 6 nitrogen and oxygen atoms in total. The highest BCUT2D eigenvalue weighted by atomic mass is 28.4. The van der Waals surface area contributed by atoms with Gasteiger partial charge in [-0.15, -0.1) is 0 Å². The quantitative estimate of drug-likeness (QED) is 0.472. The van der Waals surface area contributed by atoms with Crippen LogP contribution in [0.2, 0.25) is 18.1 Å². The lowest BCUT2D eigenvalue weighted by atomic mass is 10.0. The molecular weight excluding hydrogens is 374 g/mol. The molecule has 0 fully saturated rings. The maximum atomic E-state index is 11.8. The average molecular weight is 410 g/mol. The number of hydrogen-bond donors (Lipinski definition) is 2. The number of methoxy groups -OCH3 is 1. The first-order valence-electron chi connectivity index (χ1n) is 9.46. The molecule has 1 rings (SSSR count). The first-order valence-corrected chi connectivity index (χ1v) is 12.4. The van der Waals surface area contributed by atoms with Gasteiger partial charge in [-0.25, -0.2) is 4.79 Å². The fourth-order valence-corrected chi connectivity index (χ4v) is 3.49. The topological polar surface area (TPSA) is 77.0 Å². The smallest absolute Gasteiger partial charge is 0.407 e. The molecule has 0 saturated carbocycles. The molecule has 7 heteroatoms. The minimum absolute atomic E-state index is 0.0476. The van der Waals surface area contributed by atoms with Gasteiger partial charge in [-0.2, -0.15) is 0 Å². The number of nitrogens with one attached hydrogen (secondary N) is 1. The maximum absolute atomic E-state index is 11.8. The van der Waals surface area contributed by atoms with Crippen molar-refractivity contribution >= 4 is 14.4 Å². The number of benzene rings is 1. The molecule has 0 aliphatic carbocycles. The minimum Gasteiger partial charge on any atom is -0.541 e. The van der Waals surface area contributed by atoms with Crippen LogP contribution in [0.3, 0.4) is 0 Å². The van der Waals surface area contributed by atoms with E-state index in [1.165, 1.54) is 6.08 Å². The number of aryl methyl sites for hydroxylation is 1. The van der Waals surface area contributed by atoms with Gasteiger partial charge in [0.1, 0.15) is 12.4 Å². The molecule has 28 heavy (non-hydrogen) atoms. The zero-order valence-corrected chi connectivity index (χ0v) is 19.2. The van der Waals surface area contributed by atoms with Gasteiger partial charge in [-0.05, 0) is 48.7 Å². The summed E-state index contributed by atoms with van der Waals surface area (Å²) in [6.07, 6.45) is 1.35. The van der Waals surface area contributed by atoms with Crippen LogP contribution in [0.5, 0.6) is 11.5 Å². The van der Waals surface area contributed by atoms with Gasteiger partial charge in [0.25, 0.3) is 8.32 Å². The van der Waals surface area contributed by atoms with E-state index in [2.05, 4.69) is 45.8 Å². The molecule has 1 amide bonds. The molecule has 1 atom stereocenters. The van der Waals surface area contributed by atoms with E-state index in [4.69, 9.17) is 13.9 Å². The molecule has 0 aliphatic rings. The number of aliphatic hydroxyl groups excluding tert-OH is 1. The monoisotopic (exact) mass is 409 g/mol. The summed E-state index contributed by atoms with van der Waals surface area (Å²) in [6.45, 7) is 16.3. The predicted octanol–water partition coefficient (Wildman–Crippen LogP) is 4.20. The number of hydrogen-bond acceptors (Lipinski definition) is 5. The van der Waals surface area contributed by atoms with Crippen molar-refractivity contribution in [2.45, 2.75) is 58.3 Å². The third-order valence-electron chi connectivity index (χ3n) is 5.03. The van der Waals surface area contributed by atoms with E-state index in [1.54, 1.807) is 7.11 Å². The van der Waals surface area contributed by atoms with Crippen LogP contribution in [-0.4, -0.2) is 45.9 Å². The van der Waals surface area contributed by atoms with Gasteiger partial charge in [-0.3, -0.25) is 0 Å². The summed E-state index contributed by atoms with van der Waals surface area (Å²) in [6, 6.07) is 3.45. The normalized spacial score (nSPS) is 12.9. The zero-order valence-electron chi connectivity index (χ0n) is 18.2. The molecule has 2 N–H and O–H groups in total. The Bertz CT molecular complexity index is 682. The summed E-state index contributed by atoms with van der Waals surface area (Å²) in [5.41, 5.74) is 1.88. The summed E-state index contributed by atoms with van der Waals surface area (Å²) in [5, 5.41) is 12.4. The number of carbonyl (C=O) groups excluding carboxylic acids is 1. The van der Waals surface area contributed by atoms with Crippen LogP contribution in [0.15, 0.2) is 24.8 Å². The van der Waals surface area contributed by atoms with E-state index in [0.29, 0.717) is 17.9 Å². The van der Waals surface area contributed by atoms with E-state index in [0.717, 1.165) is 11.1 Å². The van der Waals surface area contributed by atoms with Crippen LogP contribution in [0, 0.1) is 6.92 Å². The van der Waals surface area contributed by atoms with Crippen molar-refractivity contribution in [2.24, 2.45) is 0 Å². The van der Waals surface area contributed by atoms with E-state index >= 15 is 0 Å². The molecule has 0 aromatic heterocycles. The average Bonchev–Trinajstić information content (AvgIpc) is 2.57. The Morgan fingerprint density at radius 1 is 1.36 bits per heavy atom. The van der Waals surface area contributed by atoms with E-state index in [-0.39, 0.29) is 18.3 Å². The van der Waals surface area contributed by atoms with Crippen molar-refractivity contribution < 1.29 is 23.8 Å². The van der Waals surface area contributed by atoms with E-state index in [9.17, 15) is 9.90 Å². The highest BCUT2D eigenvalue weighted by Crippen LogP contribution is 2.41. The van der Waals surface area contributed by atoms with Crippen molar-refractivity contribution in [1.29, 1.82) is 0 Å². The Hall–Kier alpha value is -1.99. The number of aliphatic hydroxyl groups is 1. The lowest BCUT2D eigenvalue weighted by molar-refractivity contribution is 0.146. The summed E-state index contributed by atoms with van der Waals surface area (Å²) < 4.78 is 17.0. The summed E-state index contributed by atoms with van der Waals surface area (Å²) in [5.74, 6) is 1.42. The Balaban J connectivity index is 3.09. The van der Waals surface area contributed by atoms with Crippen LogP contribution >= 0.6 is 0 Å². The first kappa shape index (κ1) is 24.0. The van der Waals surface area contributed by atoms with Crippen LogP contribution in [0.1, 0.15) is 31.9 Å². The fourth-order valence-electron chi connectivity index (χ4n) is 2.49.